The van der Waals surface area contributed by atoms with E-state index in [0.29, 0.717) is 0 Å². The maximum Gasteiger partial charge on any atom is 0.0981 e. The van der Waals surface area contributed by atoms with Crippen LogP contribution in [-0.4, -0.2) is 10.7 Å². The summed E-state index contributed by atoms with van der Waals surface area (Å²) in [4.78, 5) is 0. The van der Waals surface area contributed by atoms with E-state index in [4.69, 9.17) is 5.10 Å². The minimum absolute atomic E-state index is 0.0834. The van der Waals surface area contributed by atoms with Gasteiger partial charge in [-0.3, -0.25) is 5.01 Å². The molecule has 1 aliphatic heterocycles. The summed E-state index contributed by atoms with van der Waals surface area (Å²) in [6.07, 6.45) is 0. The molecule has 4 aromatic carbocycles. The van der Waals surface area contributed by atoms with Crippen molar-refractivity contribution in [2.24, 2.45) is 5.10 Å². The highest BCUT2D eigenvalue weighted by Gasteiger charge is 2.30. The van der Waals surface area contributed by atoms with E-state index in [1.54, 1.807) is 0 Å². The van der Waals surface area contributed by atoms with Crippen LogP contribution in [0, 0.1) is 0 Å². The molecule has 1 heterocycles. The SMILES string of the molecule is c1ccc(CN2N=C(c3ccccc3)c3ccccc3C2c2ccccc2)cc1. The molecule has 0 bridgehead atoms. The molecule has 1 aliphatic rings. The minimum atomic E-state index is 0.0834. The van der Waals surface area contributed by atoms with Gasteiger partial charge in [0, 0.05) is 11.1 Å². The van der Waals surface area contributed by atoms with E-state index < -0.39 is 0 Å². The van der Waals surface area contributed by atoms with Crippen LogP contribution >= 0.6 is 0 Å². The Bertz CT molecular complexity index is 1120. The van der Waals surface area contributed by atoms with Crippen molar-refractivity contribution < 1.29 is 0 Å². The predicted octanol–water partition coefficient (Wildman–Crippen LogP) is 6.04. The summed E-state index contributed by atoms with van der Waals surface area (Å²) in [7, 11) is 0. The zero-order chi connectivity index (χ0) is 19.5. The standard InChI is InChI=1S/C27H22N2/c1-4-12-21(13-5-1)20-29-27(23-16-8-3-9-17-23)25-19-11-10-18-24(25)26(28-29)22-14-6-2-7-15-22/h1-19,27H,20H2. The van der Waals surface area contributed by atoms with E-state index in [-0.39, 0.29) is 6.04 Å². The first-order valence-electron chi connectivity index (χ1n) is 9.99. The third kappa shape index (κ3) is 3.45. The fourth-order valence-electron chi connectivity index (χ4n) is 4.05. The minimum Gasteiger partial charge on any atom is -0.280 e. The van der Waals surface area contributed by atoms with Crippen LogP contribution in [0.5, 0.6) is 0 Å². The van der Waals surface area contributed by atoms with E-state index in [9.17, 15) is 0 Å². The van der Waals surface area contributed by atoms with Crippen molar-refractivity contribution in [3.05, 3.63) is 143 Å². The van der Waals surface area contributed by atoms with Gasteiger partial charge < -0.3 is 0 Å². The number of fused-ring (bicyclic) bond motifs is 1. The second kappa shape index (κ2) is 7.76. The largest absolute Gasteiger partial charge is 0.280 e. The van der Waals surface area contributed by atoms with Gasteiger partial charge >= 0.3 is 0 Å². The summed E-state index contributed by atoms with van der Waals surface area (Å²) >= 11 is 0. The third-order valence-corrected chi connectivity index (χ3v) is 5.39. The van der Waals surface area contributed by atoms with Crippen molar-refractivity contribution in [1.29, 1.82) is 0 Å². The van der Waals surface area contributed by atoms with E-state index in [1.807, 2.05) is 6.07 Å². The first kappa shape index (κ1) is 17.4. The topological polar surface area (TPSA) is 15.6 Å². The molecule has 0 spiro atoms. The fraction of sp³-hybridized carbons (Fsp3) is 0.0741. The van der Waals surface area contributed by atoms with Crippen LogP contribution in [0.3, 0.4) is 0 Å². The van der Waals surface area contributed by atoms with E-state index in [2.05, 4.69) is 114 Å². The number of benzene rings is 4. The average molecular weight is 374 g/mol. The van der Waals surface area contributed by atoms with Gasteiger partial charge in [-0.15, -0.1) is 0 Å². The molecule has 1 unspecified atom stereocenters. The molecule has 4 aromatic rings. The van der Waals surface area contributed by atoms with E-state index in [1.165, 1.54) is 22.3 Å². The van der Waals surface area contributed by atoms with Crippen molar-refractivity contribution in [3.8, 4) is 0 Å². The molecule has 0 fully saturated rings. The normalized spacial score (nSPS) is 15.5. The van der Waals surface area contributed by atoms with Gasteiger partial charge in [-0.25, -0.2) is 0 Å². The fourth-order valence-corrected chi connectivity index (χ4v) is 4.05. The first-order valence-corrected chi connectivity index (χ1v) is 9.99. The lowest BCUT2D eigenvalue weighted by atomic mass is 9.88. The number of rotatable bonds is 4. The number of hydrogen-bond acceptors (Lipinski definition) is 2. The number of hydrazone groups is 1. The molecule has 5 rings (SSSR count). The lowest BCUT2D eigenvalue weighted by Crippen LogP contribution is -2.32. The molecule has 0 aliphatic carbocycles. The Balaban J connectivity index is 1.68. The van der Waals surface area contributed by atoms with Gasteiger partial charge in [-0.2, -0.15) is 5.10 Å². The zero-order valence-electron chi connectivity index (χ0n) is 16.1. The summed E-state index contributed by atoms with van der Waals surface area (Å²) in [6, 6.07) is 40.5. The maximum absolute atomic E-state index is 5.20. The van der Waals surface area contributed by atoms with Crippen LogP contribution in [0.1, 0.15) is 33.9 Å². The van der Waals surface area contributed by atoms with Gasteiger partial charge in [-0.1, -0.05) is 115 Å². The van der Waals surface area contributed by atoms with Crippen LogP contribution in [0.4, 0.5) is 0 Å². The number of nitrogens with zero attached hydrogens (tertiary/aromatic N) is 2. The van der Waals surface area contributed by atoms with Crippen LogP contribution < -0.4 is 0 Å². The molecule has 0 saturated heterocycles. The highest BCUT2D eigenvalue weighted by Crippen LogP contribution is 2.37. The molecule has 0 amide bonds. The monoisotopic (exact) mass is 374 g/mol. The quantitative estimate of drug-likeness (QED) is 0.425. The van der Waals surface area contributed by atoms with Gasteiger partial charge in [0.1, 0.15) is 0 Å². The van der Waals surface area contributed by atoms with Crippen molar-refractivity contribution >= 4 is 5.71 Å². The van der Waals surface area contributed by atoms with Crippen molar-refractivity contribution in [3.63, 3.8) is 0 Å². The maximum atomic E-state index is 5.20. The second-order valence-electron chi connectivity index (χ2n) is 7.30. The molecule has 2 nitrogen and oxygen atoms in total. The zero-order valence-corrected chi connectivity index (χ0v) is 16.1. The molecule has 0 saturated carbocycles. The summed E-state index contributed by atoms with van der Waals surface area (Å²) < 4.78 is 0. The Labute approximate surface area is 171 Å². The van der Waals surface area contributed by atoms with Gasteiger partial charge in [-0.05, 0) is 16.7 Å². The number of hydrogen-bond donors (Lipinski definition) is 0. The molecular formula is C27H22N2. The smallest absolute Gasteiger partial charge is 0.0981 e. The summed E-state index contributed by atoms with van der Waals surface area (Å²) in [6.45, 7) is 0.755. The molecule has 0 radical (unpaired) electrons. The summed E-state index contributed by atoms with van der Waals surface area (Å²) in [5.41, 5.74) is 7.19. The van der Waals surface area contributed by atoms with Gasteiger partial charge in [0.05, 0.1) is 18.3 Å². The Morgan fingerprint density at radius 2 is 1.21 bits per heavy atom. The Hall–Kier alpha value is -3.65. The molecule has 1 atom stereocenters. The molecule has 140 valence electrons. The molecule has 0 N–H and O–H groups in total. The average Bonchev–Trinajstić information content (AvgIpc) is 2.80. The van der Waals surface area contributed by atoms with E-state index in [0.717, 1.165) is 17.8 Å². The van der Waals surface area contributed by atoms with Crippen molar-refractivity contribution in [2.75, 3.05) is 0 Å². The van der Waals surface area contributed by atoms with Gasteiger partial charge in [0.2, 0.25) is 0 Å². The highest BCUT2D eigenvalue weighted by molar-refractivity contribution is 6.14. The predicted molar refractivity (Wildman–Crippen MR) is 119 cm³/mol. The lowest BCUT2D eigenvalue weighted by Gasteiger charge is -2.36. The summed E-state index contributed by atoms with van der Waals surface area (Å²) in [5, 5.41) is 7.43. The van der Waals surface area contributed by atoms with Crippen LogP contribution in [0.25, 0.3) is 0 Å². The Morgan fingerprint density at radius 1 is 0.621 bits per heavy atom. The Morgan fingerprint density at radius 3 is 1.93 bits per heavy atom. The molecular weight excluding hydrogens is 352 g/mol. The molecule has 0 aromatic heterocycles. The summed E-state index contributed by atoms with van der Waals surface area (Å²) in [5.74, 6) is 0. The molecule has 2 heteroatoms. The van der Waals surface area contributed by atoms with Crippen LogP contribution in [0.2, 0.25) is 0 Å². The van der Waals surface area contributed by atoms with E-state index >= 15 is 0 Å². The van der Waals surface area contributed by atoms with Crippen molar-refractivity contribution in [2.45, 2.75) is 12.6 Å². The van der Waals surface area contributed by atoms with Crippen LogP contribution in [0.15, 0.2) is 120 Å². The van der Waals surface area contributed by atoms with Crippen molar-refractivity contribution in [1.82, 2.24) is 5.01 Å². The first-order chi connectivity index (χ1) is 14.4. The van der Waals surface area contributed by atoms with Gasteiger partial charge in [0.25, 0.3) is 0 Å². The van der Waals surface area contributed by atoms with Crippen LogP contribution in [-0.2, 0) is 6.54 Å². The Kier molecular flexibility index (Phi) is 4.67. The third-order valence-electron chi connectivity index (χ3n) is 5.39. The lowest BCUT2D eigenvalue weighted by molar-refractivity contribution is 0.222. The second-order valence-corrected chi connectivity index (χ2v) is 7.30. The highest BCUT2D eigenvalue weighted by atomic mass is 15.5. The van der Waals surface area contributed by atoms with Gasteiger partial charge in [0.15, 0.2) is 0 Å². The molecule has 29 heavy (non-hydrogen) atoms.